The van der Waals surface area contributed by atoms with Gasteiger partial charge in [0, 0.05) is 12.1 Å². The molecule has 4 heteroatoms. The Morgan fingerprint density at radius 2 is 2.19 bits per heavy atom. The van der Waals surface area contributed by atoms with Crippen LogP contribution in [-0.4, -0.2) is 18.7 Å². The van der Waals surface area contributed by atoms with Gasteiger partial charge in [-0.2, -0.15) is 0 Å². The molecule has 0 spiro atoms. The highest BCUT2D eigenvalue weighted by atomic mass is 16.6. The minimum Gasteiger partial charge on any atom is -0.486 e. The second-order valence-electron chi connectivity index (χ2n) is 5.28. The Morgan fingerprint density at radius 3 is 3.00 bits per heavy atom. The molecule has 1 aliphatic heterocycles. The van der Waals surface area contributed by atoms with Crippen LogP contribution in [0.15, 0.2) is 42.5 Å². The number of carbonyl (C=O) groups excluding carboxylic acids is 1. The zero-order valence-corrected chi connectivity index (χ0v) is 11.8. The lowest BCUT2D eigenvalue weighted by Crippen LogP contribution is -2.22. The number of rotatable bonds is 3. The molecule has 2 aromatic rings. The molecule has 1 heterocycles. The van der Waals surface area contributed by atoms with Crippen LogP contribution < -0.4 is 10.5 Å². The van der Waals surface area contributed by atoms with Gasteiger partial charge in [-0.25, -0.2) is 4.79 Å². The van der Waals surface area contributed by atoms with E-state index in [0.717, 1.165) is 12.2 Å². The predicted octanol–water partition coefficient (Wildman–Crippen LogP) is 2.74. The largest absolute Gasteiger partial charge is 0.486 e. The van der Waals surface area contributed by atoms with E-state index in [4.69, 9.17) is 15.2 Å². The third kappa shape index (κ3) is 2.99. The highest BCUT2D eigenvalue weighted by Crippen LogP contribution is 2.29. The first-order chi connectivity index (χ1) is 10.1. The number of esters is 1. The number of hydrogen-bond donors (Lipinski definition) is 1. The van der Waals surface area contributed by atoms with Crippen LogP contribution in [-0.2, 0) is 11.2 Å². The molecule has 1 unspecified atom stereocenters. The number of nitrogens with two attached hydrogens (primary N) is 1. The van der Waals surface area contributed by atoms with Crippen LogP contribution in [0.1, 0.15) is 21.5 Å². The Hall–Kier alpha value is -2.49. The molecule has 1 aliphatic rings. The standard InChI is InChI=1S/C17H17NO3/c1-11-5-6-16-13(7-11)9-15(21-16)10-20-17(19)12-3-2-4-14(18)8-12/h2-8,15H,9-10,18H2,1H3. The van der Waals surface area contributed by atoms with Crippen LogP contribution in [0, 0.1) is 6.92 Å². The topological polar surface area (TPSA) is 61.5 Å². The van der Waals surface area contributed by atoms with Crippen molar-refractivity contribution in [1.29, 1.82) is 0 Å². The fraction of sp³-hybridized carbons (Fsp3) is 0.235. The SMILES string of the molecule is Cc1ccc2c(c1)CC(COC(=O)c1cccc(N)c1)O2. The molecule has 0 amide bonds. The number of carbonyl (C=O) groups is 1. The molecule has 2 N–H and O–H groups in total. The van der Waals surface area contributed by atoms with Gasteiger partial charge in [-0.15, -0.1) is 0 Å². The van der Waals surface area contributed by atoms with Crippen LogP contribution in [0.2, 0.25) is 0 Å². The molecule has 2 aromatic carbocycles. The lowest BCUT2D eigenvalue weighted by molar-refractivity contribution is 0.0347. The summed E-state index contributed by atoms with van der Waals surface area (Å²) < 4.78 is 11.1. The van der Waals surface area contributed by atoms with Crippen molar-refractivity contribution in [2.24, 2.45) is 0 Å². The maximum Gasteiger partial charge on any atom is 0.338 e. The molecule has 0 saturated heterocycles. The summed E-state index contributed by atoms with van der Waals surface area (Å²) in [5, 5.41) is 0. The van der Waals surface area contributed by atoms with Gasteiger partial charge in [0.25, 0.3) is 0 Å². The monoisotopic (exact) mass is 283 g/mol. The summed E-state index contributed by atoms with van der Waals surface area (Å²) in [5.74, 6) is 0.503. The number of benzene rings is 2. The summed E-state index contributed by atoms with van der Waals surface area (Å²) in [6.45, 7) is 2.29. The number of anilines is 1. The molecule has 0 saturated carbocycles. The van der Waals surface area contributed by atoms with E-state index in [-0.39, 0.29) is 18.7 Å². The zero-order valence-electron chi connectivity index (χ0n) is 11.8. The van der Waals surface area contributed by atoms with Gasteiger partial charge in [-0.3, -0.25) is 0 Å². The molecule has 0 fully saturated rings. The van der Waals surface area contributed by atoms with Crippen LogP contribution in [0.3, 0.4) is 0 Å². The van der Waals surface area contributed by atoms with Crippen molar-refractivity contribution in [3.63, 3.8) is 0 Å². The minimum atomic E-state index is -0.377. The van der Waals surface area contributed by atoms with Gasteiger partial charge >= 0.3 is 5.97 Å². The fourth-order valence-electron chi connectivity index (χ4n) is 2.46. The highest BCUT2D eigenvalue weighted by molar-refractivity contribution is 5.90. The van der Waals surface area contributed by atoms with E-state index >= 15 is 0 Å². The Balaban J connectivity index is 1.59. The second kappa shape index (κ2) is 5.48. The van der Waals surface area contributed by atoms with E-state index in [1.165, 1.54) is 11.1 Å². The van der Waals surface area contributed by atoms with Gasteiger partial charge in [0.05, 0.1) is 5.56 Å². The van der Waals surface area contributed by atoms with Crippen LogP contribution >= 0.6 is 0 Å². The summed E-state index contributed by atoms with van der Waals surface area (Å²) in [6, 6.07) is 12.8. The summed E-state index contributed by atoms with van der Waals surface area (Å²) >= 11 is 0. The van der Waals surface area contributed by atoms with Crippen molar-refractivity contribution >= 4 is 11.7 Å². The first-order valence-electron chi connectivity index (χ1n) is 6.90. The lowest BCUT2D eigenvalue weighted by atomic mass is 10.1. The van der Waals surface area contributed by atoms with Crippen molar-refractivity contribution in [3.05, 3.63) is 59.2 Å². The molecule has 21 heavy (non-hydrogen) atoms. The van der Waals surface area contributed by atoms with Crippen molar-refractivity contribution in [1.82, 2.24) is 0 Å². The van der Waals surface area contributed by atoms with E-state index in [1.54, 1.807) is 24.3 Å². The van der Waals surface area contributed by atoms with Crippen molar-refractivity contribution in [2.45, 2.75) is 19.4 Å². The van der Waals surface area contributed by atoms with Crippen LogP contribution in [0.4, 0.5) is 5.69 Å². The number of hydrogen-bond acceptors (Lipinski definition) is 4. The highest BCUT2D eigenvalue weighted by Gasteiger charge is 2.24. The Bertz CT molecular complexity index is 681. The molecule has 108 valence electrons. The molecule has 4 nitrogen and oxygen atoms in total. The Kier molecular flexibility index (Phi) is 3.52. The Morgan fingerprint density at radius 1 is 1.33 bits per heavy atom. The number of fused-ring (bicyclic) bond motifs is 1. The third-order valence-corrected chi connectivity index (χ3v) is 3.48. The quantitative estimate of drug-likeness (QED) is 0.695. The molecule has 1 atom stereocenters. The first kappa shape index (κ1) is 13.5. The van der Waals surface area contributed by atoms with Crippen LogP contribution in [0.25, 0.3) is 0 Å². The molecule has 0 bridgehead atoms. The van der Waals surface area contributed by atoms with Crippen molar-refractivity contribution in [2.75, 3.05) is 12.3 Å². The summed E-state index contributed by atoms with van der Waals surface area (Å²) in [5.41, 5.74) is 9.03. The fourth-order valence-corrected chi connectivity index (χ4v) is 2.46. The zero-order chi connectivity index (χ0) is 14.8. The summed E-state index contributed by atoms with van der Waals surface area (Å²) in [7, 11) is 0. The number of ether oxygens (including phenoxy) is 2. The first-order valence-corrected chi connectivity index (χ1v) is 6.90. The van der Waals surface area contributed by atoms with Gasteiger partial charge in [0.1, 0.15) is 18.5 Å². The van der Waals surface area contributed by atoms with E-state index in [2.05, 4.69) is 6.07 Å². The van der Waals surface area contributed by atoms with E-state index in [9.17, 15) is 4.79 Å². The van der Waals surface area contributed by atoms with Crippen molar-refractivity contribution < 1.29 is 14.3 Å². The lowest BCUT2D eigenvalue weighted by Gasteiger charge is -2.11. The summed E-state index contributed by atoms with van der Waals surface area (Å²) in [4.78, 5) is 11.9. The normalized spacial score (nSPS) is 16.1. The molecule has 0 aliphatic carbocycles. The maximum atomic E-state index is 11.9. The average molecular weight is 283 g/mol. The molecule has 0 radical (unpaired) electrons. The van der Waals surface area contributed by atoms with Gasteiger partial charge < -0.3 is 15.2 Å². The van der Waals surface area contributed by atoms with Crippen molar-refractivity contribution in [3.8, 4) is 5.75 Å². The Labute approximate surface area is 123 Å². The maximum absolute atomic E-state index is 11.9. The molecular formula is C17H17NO3. The van der Waals surface area contributed by atoms with Gasteiger partial charge in [-0.1, -0.05) is 23.8 Å². The molecule has 0 aromatic heterocycles. The smallest absolute Gasteiger partial charge is 0.338 e. The van der Waals surface area contributed by atoms with Gasteiger partial charge in [0.15, 0.2) is 0 Å². The van der Waals surface area contributed by atoms with E-state index in [1.807, 2.05) is 19.1 Å². The summed E-state index contributed by atoms with van der Waals surface area (Å²) in [6.07, 6.45) is 0.646. The average Bonchev–Trinajstić information content (AvgIpc) is 2.86. The number of nitrogen functional groups attached to an aromatic ring is 1. The molecular weight excluding hydrogens is 266 g/mol. The van der Waals surface area contributed by atoms with E-state index in [0.29, 0.717) is 11.3 Å². The van der Waals surface area contributed by atoms with Crippen LogP contribution in [0.5, 0.6) is 5.75 Å². The minimum absolute atomic E-state index is 0.119. The third-order valence-electron chi connectivity index (χ3n) is 3.48. The van der Waals surface area contributed by atoms with Gasteiger partial charge in [-0.05, 0) is 36.8 Å². The van der Waals surface area contributed by atoms with Gasteiger partial charge in [0.2, 0.25) is 0 Å². The van der Waals surface area contributed by atoms with E-state index < -0.39 is 0 Å². The second-order valence-corrected chi connectivity index (χ2v) is 5.28. The molecule has 3 rings (SSSR count). The predicted molar refractivity (Wildman–Crippen MR) is 80.4 cm³/mol. The number of aryl methyl sites for hydroxylation is 1.